The van der Waals surface area contributed by atoms with Gasteiger partial charge < -0.3 is 9.73 Å². The van der Waals surface area contributed by atoms with E-state index in [1.165, 1.54) is 19.3 Å². The van der Waals surface area contributed by atoms with Gasteiger partial charge in [0.1, 0.15) is 5.52 Å². The molecule has 2 unspecified atom stereocenters. The molecule has 4 heteroatoms. The Morgan fingerprint density at radius 2 is 2.11 bits per heavy atom. The van der Waals surface area contributed by atoms with Crippen LogP contribution < -0.4 is 5.32 Å². The Bertz CT molecular complexity index is 492. The summed E-state index contributed by atoms with van der Waals surface area (Å²) in [5.74, 6) is 0.524. The zero-order valence-electron chi connectivity index (χ0n) is 10.2. The van der Waals surface area contributed by atoms with Gasteiger partial charge in [-0.25, -0.2) is 0 Å². The fraction of sp³-hybridized carbons (Fsp3) is 0.500. The van der Waals surface area contributed by atoms with Crippen molar-refractivity contribution in [2.45, 2.75) is 31.1 Å². The highest BCUT2D eigenvalue weighted by molar-refractivity contribution is 6.20. The van der Waals surface area contributed by atoms with Crippen molar-refractivity contribution in [2.24, 2.45) is 5.92 Å². The number of halogens is 1. The van der Waals surface area contributed by atoms with Crippen molar-refractivity contribution >= 4 is 28.7 Å². The number of hydrogen-bond acceptors (Lipinski definition) is 3. The summed E-state index contributed by atoms with van der Waals surface area (Å²) in [6, 6.07) is 8.40. The Morgan fingerprint density at radius 1 is 1.28 bits per heavy atom. The first-order chi connectivity index (χ1) is 8.83. The summed E-state index contributed by atoms with van der Waals surface area (Å²) in [5.41, 5.74) is 1.72. The number of para-hydroxylation sites is 2. The minimum absolute atomic E-state index is 0.288. The molecule has 2 aromatic rings. The first kappa shape index (κ1) is 11.8. The van der Waals surface area contributed by atoms with E-state index < -0.39 is 0 Å². The zero-order valence-corrected chi connectivity index (χ0v) is 11.0. The van der Waals surface area contributed by atoms with Crippen molar-refractivity contribution in [1.82, 2.24) is 4.98 Å². The normalized spacial score (nSPS) is 24.3. The smallest absolute Gasteiger partial charge is 0.295 e. The number of alkyl halides is 1. The second-order valence-electron chi connectivity index (χ2n) is 4.93. The molecule has 3 nitrogen and oxygen atoms in total. The van der Waals surface area contributed by atoms with E-state index >= 15 is 0 Å². The molecule has 18 heavy (non-hydrogen) atoms. The van der Waals surface area contributed by atoms with Crippen molar-refractivity contribution in [3.8, 4) is 0 Å². The summed E-state index contributed by atoms with van der Waals surface area (Å²) in [6.07, 6.45) is 4.86. The van der Waals surface area contributed by atoms with Crippen LogP contribution in [0.5, 0.6) is 0 Å². The fourth-order valence-electron chi connectivity index (χ4n) is 2.56. The molecule has 1 aromatic carbocycles. The molecule has 0 aliphatic heterocycles. The van der Waals surface area contributed by atoms with Crippen LogP contribution in [0.15, 0.2) is 28.7 Å². The van der Waals surface area contributed by atoms with Crippen molar-refractivity contribution in [3.05, 3.63) is 24.3 Å². The maximum atomic E-state index is 6.34. The lowest BCUT2D eigenvalue weighted by molar-refractivity contribution is 0.378. The number of benzene rings is 1. The molecule has 0 amide bonds. The topological polar surface area (TPSA) is 38.1 Å². The van der Waals surface area contributed by atoms with Crippen LogP contribution in [0.25, 0.3) is 11.1 Å². The number of nitrogens with zero attached hydrogens (tertiary/aromatic N) is 1. The molecular formula is C14H17ClN2O. The number of oxazole rings is 1. The van der Waals surface area contributed by atoms with E-state index in [-0.39, 0.29) is 5.38 Å². The highest BCUT2D eigenvalue weighted by Gasteiger charge is 2.23. The molecule has 1 N–H and O–H groups in total. The molecular weight excluding hydrogens is 248 g/mol. The first-order valence-electron chi connectivity index (χ1n) is 6.56. The molecule has 0 spiro atoms. The SMILES string of the molecule is ClC1CCCCC1CNc1nc2ccccc2o1. The first-order valence-corrected chi connectivity index (χ1v) is 7.00. The van der Waals surface area contributed by atoms with E-state index in [4.69, 9.17) is 16.0 Å². The van der Waals surface area contributed by atoms with Crippen LogP contribution in [-0.4, -0.2) is 16.9 Å². The minimum Gasteiger partial charge on any atom is -0.424 e. The van der Waals surface area contributed by atoms with Gasteiger partial charge in [-0.2, -0.15) is 4.98 Å². The fourth-order valence-corrected chi connectivity index (χ4v) is 2.93. The third-order valence-corrected chi connectivity index (χ3v) is 4.20. The van der Waals surface area contributed by atoms with E-state index in [0.717, 1.165) is 24.1 Å². The van der Waals surface area contributed by atoms with Gasteiger partial charge in [0.2, 0.25) is 0 Å². The van der Waals surface area contributed by atoms with Crippen LogP contribution >= 0.6 is 11.6 Å². The van der Waals surface area contributed by atoms with Crippen LogP contribution in [0, 0.1) is 5.92 Å². The average Bonchev–Trinajstić information content (AvgIpc) is 2.80. The van der Waals surface area contributed by atoms with E-state index in [2.05, 4.69) is 10.3 Å². The number of rotatable bonds is 3. The van der Waals surface area contributed by atoms with Crippen molar-refractivity contribution in [1.29, 1.82) is 0 Å². The summed E-state index contributed by atoms with van der Waals surface area (Å²) in [7, 11) is 0. The maximum absolute atomic E-state index is 6.34. The summed E-state index contributed by atoms with van der Waals surface area (Å²) in [4.78, 5) is 4.40. The molecule has 0 saturated heterocycles. The number of anilines is 1. The number of fused-ring (bicyclic) bond motifs is 1. The van der Waals surface area contributed by atoms with Crippen molar-refractivity contribution in [2.75, 3.05) is 11.9 Å². The molecule has 96 valence electrons. The van der Waals surface area contributed by atoms with Crippen LogP contribution in [-0.2, 0) is 0 Å². The minimum atomic E-state index is 0.288. The van der Waals surface area contributed by atoms with Crippen LogP contribution in [0.1, 0.15) is 25.7 Å². The average molecular weight is 265 g/mol. The van der Waals surface area contributed by atoms with Gasteiger partial charge in [0.05, 0.1) is 0 Å². The summed E-state index contributed by atoms with van der Waals surface area (Å²) in [5, 5.41) is 3.56. The molecule has 3 rings (SSSR count). The van der Waals surface area contributed by atoms with Crippen molar-refractivity contribution < 1.29 is 4.42 Å². The van der Waals surface area contributed by atoms with Gasteiger partial charge in [-0.1, -0.05) is 25.0 Å². The Hall–Kier alpha value is -1.22. The standard InChI is InChI=1S/C14H17ClN2O/c15-11-6-2-1-5-10(11)9-16-14-17-12-7-3-4-8-13(12)18-14/h3-4,7-8,10-11H,1-2,5-6,9H2,(H,16,17). The van der Waals surface area contributed by atoms with Gasteiger partial charge in [0.25, 0.3) is 6.01 Å². The number of nitrogens with one attached hydrogen (secondary N) is 1. The van der Waals surface area contributed by atoms with Crippen LogP contribution in [0.2, 0.25) is 0 Å². The molecule has 2 atom stereocenters. The third-order valence-electron chi connectivity index (χ3n) is 3.63. The molecule has 1 fully saturated rings. The number of aromatic nitrogens is 1. The third kappa shape index (κ3) is 2.46. The molecule has 1 aliphatic rings. The van der Waals surface area contributed by atoms with Gasteiger partial charge in [0.15, 0.2) is 5.58 Å². The lowest BCUT2D eigenvalue weighted by Gasteiger charge is -2.26. The predicted octanol–water partition coefficient (Wildman–Crippen LogP) is 4.04. The second-order valence-corrected chi connectivity index (χ2v) is 5.49. The quantitative estimate of drug-likeness (QED) is 0.851. The van der Waals surface area contributed by atoms with E-state index in [1.807, 2.05) is 24.3 Å². The summed E-state index contributed by atoms with van der Waals surface area (Å²) in [6.45, 7) is 0.848. The van der Waals surface area contributed by atoms with Gasteiger partial charge in [-0.05, 0) is 30.9 Å². The monoisotopic (exact) mass is 264 g/mol. The molecule has 1 aliphatic carbocycles. The van der Waals surface area contributed by atoms with Gasteiger partial charge in [-0.15, -0.1) is 11.6 Å². The molecule has 0 bridgehead atoms. The maximum Gasteiger partial charge on any atom is 0.295 e. The van der Waals surface area contributed by atoms with Crippen LogP contribution in [0.4, 0.5) is 6.01 Å². The lowest BCUT2D eigenvalue weighted by atomic mass is 9.89. The summed E-state index contributed by atoms with van der Waals surface area (Å²) >= 11 is 6.34. The van der Waals surface area contributed by atoms with E-state index in [0.29, 0.717) is 11.9 Å². The van der Waals surface area contributed by atoms with Gasteiger partial charge in [0, 0.05) is 11.9 Å². The Kier molecular flexibility index (Phi) is 3.41. The van der Waals surface area contributed by atoms with E-state index in [1.54, 1.807) is 0 Å². The molecule has 1 saturated carbocycles. The Balaban J connectivity index is 1.65. The van der Waals surface area contributed by atoms with E-state index in [9.17, 15) is 0 Å². The Labute approximate surface area is 112 Å². The second kappa shape index (κ2) is 5.19. The molecule has 0 radical (unpaired) electrons. The highest BCUT2D eigenvalue weighted by atomic mass is 35.5. The molecule has 1 aromatic heterocycles. The zero-order chi connectivity index (χ0) is 12.4. The van der Waals surface area contributed by atoms with Gasteiger partial charge in [-0.3, -0.25) is 0 Å². The largest absolute Gasteiger partial charge is 0.424 e. The molecule has 1 heterocycles. The number of hydrogen-bond donors (Lipinski definition) is 1. The predicted molar refractivity (Wildman–Crippen MR) is 74.1 cm³/mol. The lowest BCUT2D eigenvalue weighted by Crippen LogP contribution is -2.26. The van der Waals surface area contributed by atoms with Gasteiger partial charge >= 0.3 is 0 Å². The van der Waals surface area contributed by atoms with Crippen molar-refractivity contribution in [3.63, 3.8) is 0 Å². The Morgan fingerprint density at radius 3 is 2.94 bits per heavy atom. The highest BCUT2D eigenvalue weighted by Crippen LogP contribution is 2.29. The summed E-state index contributed by atoms with van der Waals surface area (Å²) < 4.78 is 5.63. The van der Waals surface area contributed by atoms with Crippen LogP contribution in [0.3, 0.4) is 0 Å².